The fourth-order valence-electron chi connectivity index (χ4n) is 4.96. The molecular weight excluding hydrogens is 300 g/mol. The Bertz CT molecular complexity index is 519. The molecule has 3 aliphatic rings. The van der Waals surface area contributed by atoms with Crippen molar-refractivity contribution in [1.82, 2.24) is 19.4 Å². The molecule has 4 rings (SSSR count). The number of aliphatic hydroxyl groups is 1. The molecule has 2 aliphatic heterocycles. The standard InChI is InChI=1S/C19H32N4O/c24-19-14-21(13-18(19)22-9-5-2-6-10-22)12-17-11-20-15-23(17)16-7-3-1-4-8-16/h11,15-16,18-19,24H,1-10,12-14H2/t18-,19-/m0/s1. The number of hydrogen-bond donors (Lipinski definition) is 1. The van der Waals surface area contributed by atoms with Gasteiger partial charge in [-0.1, -0.05) is 25.7 Å². The van der Waals surface area contributed by atoms with E-state index in [0.717, 1.165) is 32.7 Å². The van der Waals surface area contributed by atoms with Crippen molar-refractivity contribution in [1.29, 1.82) is 0 Å². The van der Waals surface area contributed by atoms with Gasteiger partial charge in [0.15, 0.2) is 0 Å². The fraction of sp³-hybridized carbons (Fsp3) is 0.842. The smallest absolute Gasteiger partial charge is 0.0951 e. The van der Waals surface area contributed by atoms with Crippen LogP contribution in [0, 0.1) is 0 Å². The summed E-state index contributed by atoms with van der Waals surface area (Å²) in [7, 11) is 0. The van der Waals surface area contributed by atoms with E-state index in [4.69, 9.17) is 0 Å². The molecule has 2 saturated heterocycles. The number of aliphatic hydroxyl groups excluding tert-OH is 1. The Labute approximate surface area is 145 Å². The van der Waals surface area contributed by atoms with E-state index in [2.05, 4.69) is 19.4 Å². The van der Waals surface area contributed by atoms with Crippen LogP contribution in [0.3, 0.4) is 0 Å². The van der Waals surface area contributed by atoms with Gasteiger partial charge in [0.25, 0.3) is 0 Å². The molecule has 24 heavy (non-hydrogen) atoms. The molecule has 1 aromatic heterocycles. The molecule has 3 fully saturated rings. The predicted molar refractivity (Wildman–Crippen MR) is 94.8 cm³/mol. The zero-order chi connectivity index (χ0) is 16.4. The van der Waals surface area contributed by atoms with Gasteiger partial charge in [-0.05, 0) is 38.8 Å². The summed E-state index contributed by atoms with van der Waals surface area (Å²) in [5.41, 5.74) is 1.33. The first-order valence-corrected chi connectivity index (χ1v) is 9.96. The number of likely N-dealkylation sites (tertiary alicyclic amines) is 2. The molecule has 0 amide bonds. The van der Waals surface area contributed by atoms with E-state index in [1.54, 1.807) is 0 Å². The maximum Gasteiger partial charge on any atom is 0.0951 e. The van der Waals surface area contributed by atoms with Crippen molar-refractivity contribution in [2.24, 2.45) is 0 Å². The second-order valence-corrected chi connectivity index (χ2v) is 8.01. The van der Waals surface area contributed by atoms with E-state index in [-0.39, 0.29) is 6.10 Å². The normalized spacial score (nSPS) is 30.9. The topological polar surface area (TPSA) is 44.5 Å². The zero-order valence-corrected chi connectivity index (χ0v) is 14.8. The highest BCUT2D eigenvalue weighted by Crippen LogP contribution is 2.30. The van der Waals surface area contributed by atoms with Gasteiger partial charge in [0.1, 0.15) is 0 Å². The summed E-state index contributed by atoms with van der Waals surface area (Å²) < 4.78 is 2.42. The third-order valence-corrected chi connectivity index (χ3v) is 6.29. The molecular formula is C19H32N4O. The molecule has 2 atom stereocenters. The number of piperidine rings is 1. The molecule has 0 aromatic carbocycles. The fourth-order valence-corrected chi connectivity index (χ4v) is 4.96. The number of aromatic nitrogens is 2. The van der Waals surface area contributed by atoms with Gasteiger partial charge in [-0.25, -0.2) is 4.98 Å². The molecule has 0 spiro atoms. The van der Waals surface area contributed by atoms with Crippen molar-refractivity contribution in [3.8, 4) is 0 Å². The minimum atomic E-state index is -0.200. The molecule has 0 bridgehead atoms. The summed E-state index contributed by atoms with van der Waals surface area (Å²) in [6.07, 6.45) is 14.5. The van der Waals surface area contributed by atoms with Gasteiger partial charge in [0, 0.05) is 37.9 Å². The first-order chi connectivity index (χ1) is 11.8. The molecule has 5 heteroatoms. The lowest BCUT2D eigenvalue weighted by Gasteiger charge is -2.33. The minimum absolute atomic E-state index is 0.200. The maximum absolute atomic E-state index is 10.6. The molecule has 1 saturated carbocycles. The SMILES string of the molecule is O[C@H]1CN(Cc2cncn2C2CCCCC2)C[C@@H]1N1CCCCC1. The van der Waals surface area contributed by atoms with Crippen molar-refractivity contribution in [3.05, 3.63) is 18.2 Å². The Balaban J connectivity index is 1.38. The summed E-state index contributed by atoms with van der Waals surface area (Å²) in [4.78, 5) is 9.38. The van der Waals surface area contributed by atoms with Gasteiger partial charge >= 0.3 is 0 Å². The van der Waals surface area contributed by atoms with Gasteiger partial charge in [-0.2, -0.15) is 0 Å². The molecule has 0 unspecified atom stereocenters. The Morgan fingerprint density at radius 3 is 2.54 bits per heavy atom. The lowest BCUT2D eigenvalue weighted by molar-refractivity contribution is 0.0706. The Kier molecular flexibility index (Phi) is 5.20. The van der Waals surface area contributed by atoms with E-state index in [9.17, 15) is 5.11 Å². The second-order valence-electron chi connectivity index (χ2n) is 8.01. The van der Waals surface area contributed by atoms with Crippen LogP contribution < -0.4 is 0 Å². The second kappa shape index (κ2) is 7.54. The average molecular weight is 332 g/mol. The minimum Gasteiger partial charge on any atom is -0.390 e. The summed E-state index contributed by atoms with van der Waals surface area (Å²) in [5, 5.41) is 10.6. The molecule has 1 aliphatic carbocycles. The monoisotopic (exact) mass is 332 g/mol. The summed E-state index contributed by atoms with van der Waals surface area (Å²) >= 11 is 0. The molecule has 134 valence electrons. The lowest BCUT2D eigenvalue weighted by Crippen LogP contribution is -2.45. The van der Waals surface area contributed by atoms with E-state index < -0.39 is 0 Å². The zero-order valence-electron chi connectivity index (χ0n) is 14.8. The highest BCUT2D eigenvalue weighted by Gasteiger charge is 2.36. The Hall–Kier alpha value is -0.910. The van der Waals surface area contributed by atoms with Gasteiger partial charge < -0.3 is 9.67 Å². The summed E-state index contributed by atoms with van der Waals surface area (Å²) in [6.45, 7) is 5.05. The van der Waals surface area contributed by atoms with Gasteiger partial charge in [-0.15, -0.1) is 0 Å². The van der Waals surface area contributed by atoms with Crippen molar-refractivity contribution >= 4 is 0 Å². The third-order valence-electron chi connectivity index (χ3n) is 6.29. The van der Waals surface area contributed by atoms with Crippen LogP contribution in [-0.2, 0) is 6.54 Å². The van der Waals surface area contributed by atoms with Crippen molar-refractivity contribution in [3.63, 3.8) is 0 Å². The lowest BCUT2D eigenvalue weighted by atomic mass is 9.95. The van der Waals surface area contributed by atoms with Crippen LogP contribution in [0.25, 0.3) is 0 Å². The van der Waals surface area contributed by atoms with Gasteiger partial charge in [0.05, 0.1) is 18.1 Å². The van der Waals surface area contributed by atoms with Crippen molar-refractivity contribution in [2.75, 3.05) is 26.2 Å². The Morgan fingerprint density at radius 2 is 1.75 bits per heavy atom. The van der Waals surface area contributed by atoms with Crippen LogP contribution in [0.1, 0.15) is 63.1 Å². The molecule has 5 nitrogen and oxygen atoms in total. The quantitative estimate of drug-likeness (QED) is 0.920. The van der Waals surface area contributed by atoms with Crippen molar-refractivity contribution < 1.29 is 5.11 Å². The Morgan fingerprint density at radius 1 is 1.00 bits per heavy atom. The number of hydrogen-bond acceptors (Lipinski definition) is 4. The van der Waals surface area contributed by atoms with E-state index in [1.165, 1.54) is 57.1 Å². The molecule has 0 radical (unpaired) electrons. The molecule has 1 N–H and O–H groups in total. The summed E-state index contributed by atoms with van der Waals surface area (Å²) in [5.74, 6) is 0. The van der Waals surface area contributed by atoms with Crippen LogP contribution in [0.2, 0.25) is 0 Å². The predicted octanol–water partition coefficient (Wildman–Crippen LogP) is 2.42. The van der Waals surface area contributed by atoms with Gasteiger partial charge in [-0.3, -0.25) is 9.80 Å². The number of nitrogens with zero attached hydrogens (tertiary/aromatic N) is 4. The summed E-state index contributed by atoms with van der Waals surface area (Å²) in [6, 6.07) is 0.970. The highest BCUT2D eigenvalue weighted by atomic mass is 16.3. The van der Waals surface area contributed by atoms with Crippen LogP contribution in [0.4, 0.5) is 0 Å². The van der Waals surface area contributed by atoms with Crippen molar-refractivity contribution in [2.45, 2.75) is 76.1 Å². The van der Waals surface area contributed by atoms with E-state index in [1.807, 2.05) is 12.5 Å². The van der Waals surface area contributed by atoms with Crippen LogP contribution in [-0.4, -0.2) is 62.8 Å². The van der Waals surface area contributed by atoms with Crippen LogP contribution >= 0.6 is 0 Å². The maximum atomic E-state index is 10.6. The number of rotatable bonds is 4. The van der Waals surface area contributed by atoms with Crippen LogP contribution in [0.5, 0.6) is 0 Å². The van der Waals surface area contributed by atoms with E-state index in [0.29, 0.717) is 12.1 Å². The first kappa shape index (κ1) is 16.6. The molecule has 3 heterocycles. The molecule has 1 aromatic rings. The first-order valence-electron chi connectivity index (χ1n) is 9.96. The number of β-amino-alcohol motifs (C(OH)–C–C–N with tert-alkyl or cyclic N) is 1. The van der Waals surface area contributed by atoms with Gasteiger partial charge in [0.2, 0.25) is 0 Å². The number of imidazole rings is 1. The average Bonchev–Trinajstić information content (AvgIpc) is 3.23. The highest BCUT2D eigenvalue weighted by molar-refractivity contribution is 5.03. The van der Waals surface area contributed by atoms with Crippen LogP contribution in [0.15, 0.2) is 12.5 Å². The van der Waals surface area contributed by atoms with E-state index >= 15 is 0 Å². The third kappa shape index (κ3) is 3.53. The largest absolute Gasteiger partial charge is 0.390 e.